The zero-order valence-corrected chi connectivity index (χ0v) is 13.0. The van der Waals surface area contributed by atoms with Crippen molar-refractivity contribution in [3.8, 4) is 0 Å². The molecule has 1 atom stereocenters. The fourth-order valence-corrected chi connectivity index (χ4v) is 1.96. The Kier molecular flexibility index (Phi) is 4.93. The van der Waals surface area contributed by atoms with Crippen molar-refractivity contribution in [1.82, 2.24) is 9.88 Å². The van der Waals surface area contributed by atoms with Crippen LogP contribution in [0, 0.1) is 0 Å². The molecule has 1 rings (SSSR count). The predicted molar refractivity (Wildman–Crippen MR) is 80.6 cm³/mol. The number of anilines is 1. The number of nitrogens with zero attached hydrogens (tertiary/aromatic N) is 2. The summed E-state index contributed by atoms with van der Waals surface area (Å²) in [6, 6.07) is 4.04. The minimum atomic E-state index is -0.770. The van der Waals surface area contributed by atoms with Crippen molar-refractivity contribution >= 4 is 5.82 Å². The van der Waals surface area contributed by atoms with Gasteiger partial charge in [0, 0.05) is 19.3 Å². The van der Waals surface area contributed by atoms with Crippen LogP contribution >= 0.6 is 0 Å². The fourth-order valence-electron chi connectivity index (χ4n) is 1.96. The van der Waals surface area contributed by atoms with Crippen LogP contribution in [0.15, 0.2) is 18.3 Å². The molecule has 1 aromatic heterocycles. The minimum Gasteiger partial charge on any atom is -0.387 e. The summed E-state index contributed by atoms with van der Waals surface area (Å²) in [4.78, 5) is 6.36. The summed E-state index contributed by atoms with van der Waals surface area (Å²) in [6.45, 7) is 9.41. The first-order valence-electron chi connectivity index (χ1n) is 6.68. The summed E-state index contributed by atoms with van der Waals surface area (Å²) >= 11 is 0. The van der Waals surface area contributed by atoms with E-state index in [1.54, 1.807) is 0 Å². The monoisotopic (exact) mass is 265 g/mol. The minimum absolute atomic E-state index is 0.113. The maximum atomic E-state index is 10.2. The molecule has 0 saturated heterocycles. The van der Waals surface area contributed by atoms with Crippen molar-refractivity contribution in [1.29, 1.82) is 0 Å². The number of aromatic nitrogens is 1. The molecule has 0 aromatic carbocycles. The lowest BCUT2D eigenvalue weighted by Gasteiger charge is -2.27. The first-order chi connectivity index (χ1) is 8.60. The van der Waals surface area contributed by atoms with Crippen LogP contribution in [0.4, 0.5) is 5.82 Å². The number of pyridine rings is 1. The van der Waals surface area contributed by atoms with Gasteiger partial charge in [0.05, 0.1) is 5.60 Å². The SMILES string of the molecule is CN(C)CC(C)(O)CNc1ccc(C(C)(C)C)cn1. The molecule has 19 heavy (non-hydrogen) atoms. The van der Waals surface area contributed by atoms with Gasteiger partial charge in [0.25, 0.3) is 0 Å². The van der Waals surface area contributed by atoms with Gasteiger partial charge in [-0.1, -0.05) is 26.8 Å². The van der Waals surface area contributed by atoms with Gasteiger partial charge < -0.3 is 15.3 Å². The summed E-state index contributed by atoms with van der Waals surface area (Å²) in [6.07, 6.45) is 1.89. The van der Waals surface area contributed by atoms with E-state index in [2.05, 4.69) is 37.1 Å². The molecule has 2 N–H and O–H groups in total. The standard InChI is InChI=1S/C15H27N3O/c1-14(2,3)12-7-8-13(16-9-12)17-10-15(4,19)11-18(5)6/h7-9,19H,10-11H2,1-6H3,(H,16,17). The van der Waals surface area contributed by atoms with Gasteiger partial charge in [-0.2, -0.15) is 0 Å². The Hall–Kier alpha value is -1.13. The third kappa shape index (κ3) is 5.57. The molecule has 1 aromatic rings. The second-order valence-corrected chi connectivity index (χ2v) is 6.77. The number of hydrogen-bond acceptors (Lipinski definition) is 4. The maximum Gasteiger partial charge on any atom is 0.125 e. The third-order valence-corrected chi connectivity index (χ3v) is 2.94. The number of hydrogen-bond donors (Lipinski definition) is 2. The quantitative estimate of drug-likeness (QED) is 0.856. The van der Waals surface area contributed by atoms with Crippen LogP contribution in [-0.2, 0) is 5.41 Å². The fraction of sp³-hybridized carbons (Fsp3) is 0.667. The van der Waals surface area contributed by atoms with Gasteiger partial charge in [-0.3, -0.25) is 0 Å². The van der Waals surface area contributed by atoms with Gasteiger partial charge in [-0.25, -0.2) is 4.98 Å². The number of rotatable bonds is 5. The van der Waals surface area contributed by atoms with E-state index in [4.69, 9.17) is 0 Å². The van der Waals surface area contributed by atoms with Gasteiger partial charge in [0.15, 0.2) is 0 Å². The highest BCUT2D eigenvalue weighted by atomic mass is 16.3. The van der Waals surface area contributed by atoms with Crippen molar-refractivity contribution in [2.75, 3.05) is 32.5 Å². The molecule has 0 saturated carbocycles. The molecule has 1 unspecified atom stereocenters. The smallest absolute Gasteiger partial charge is 0.125 e. The van der Waals surface area contributed by atoms with Crippen molar-refractivity contribution in [3.63, 3.8) is 0 Å². The Balaban J connectivity index is 2.59. The van der Waals surface area contributed by atoms with Crippen LogP contribution in [0.2, 0.25) is 0 Å². The summed E-state index contributed by atoms with van der Waals surface area (Å²) < 4.78 is 0. The Bertz CT molecular complexity index is 391. The molecule has 0 radical (unpaired) electrons. The molecule has 0 aliphatic carbocycles. The number of aliphatic hydroxyl groups is 1. The molecule has 0 bridgehead atoms. The Morgan fingerprint density at radius 2 is 1.84 bits per heavy atom. The average Bonchev–Trinajstić information content (AvgIpc) is 2.24. The van der Waals surface area contributed by atoms with Gasteiger partial charge in [-0.15, -0.1) is 0 Å². The Labute approximate surface area is 116 Å². The van der Waals surface area contributed by atoms with E-state index in [1.165, 1.54) is 5.56 Å². The van der Waals surface area contributed by atoms with E-state index in [0.29, 0.717) is 13.1 Å². The Morgan fingerprint density at radius 3 is 2.26 bits per heavy atom. The van der Waals surface area contributed by atoms with Crippen molar-refractivity contribution in [2.24, 2.45) is 0 Å². The summed E-state index contributed by atoms with van der Waals surface area (Å²) in [7, 11) is 3.90. The van der Waals surface area contributed by atoms with Gasteiger partial charge in [0.2, 0.25) is 0 Å². The number of nitrogens with one attached hydrogen (secondary N) is 1. The second kappa shape index (κ2) is 5.88. The number of likely N-dealkylation sites (N-methyl/N-ethyl adjacent to an activating group) is 1. The van der Waals surface area contributed by atoms with Crippen LogP contribution in [0.1, 0.15) is 33.3 Å². The van der Waals surface area contributed by atoms with Crippen molar-refractivity contribution in [3.05, 3.63) is 23.9 Å². The third-order valence-electron chi connectivity index (χ3n) is 2.94. The zero-order valence-electron chi connectivity index (χ0n) is 13.0. The van der Waals surface area contributed by atoms with E-state index in [9.17, 15) is 5.11 Å². The molecule has 4 heteroatoms. The molecule has 0 spiro atoms. The largest absolute Gasteiger partial charge is 0.387 e. The van der Waals surface area contributed by atoms with Crippen molar-refractivity contribution in [2.45, 2.75) is 38.7 Å². The van der Waals surface area contributed by atoms with Gasteiger partial charge >= 0.3 is 0 Å². The average molecular weight is 265 g/mol. The normalized spacial score (nSPS) is 15.4. The second-order valence-electron chi connectivity index (χ2n) is 6.77. The molecule has 0 aliphatic heterocycles. The molecule has 0 amide bonds. The van der Waals surface area contributed by atoms with Crippen LogP contribution < -0.4 is 5.32 Å². The molecule has 4 nitrogen and oxygen atoms in total. The highest BCUT2D eigenvalue weighted by Crippen LogP contribution is 2.22. The van der Waals surface area contributed by atoms with Crippen molar-refractivity contribution < 1.29 is 5.11 Å². The zero-order chi connectivity index (χ0) is 14.7. The topological polar surface area (TPSA) is 48.4 Å². The molecule has 108 valence electrons. The first kappa shape index (κ1) is 15.9. The summed E-state index contributed by atoms with van der Waals surface area (Å²) in [5, 5.41) is 13.4. The van der Waals surface area contributed by atoms with E-state index in [0.717, 1.165) is 5.82 Å². The van der Waals surface area contributed by atoms with Crippen LogP contribution in [0.5, 0.6) is 0 Å². The first-order valence-corrected chi connectivity index (χ1v) is 6.68. The van der Waals surface area contributed by atoms with E-state index >= 15 is 0 Å². The lowest BCUT2D eigenvalue weighted by Crippen LogP contribution is -2.43. The lowest BCUT2D eigenvalue weighted by atomic mass is 9.88. The molecule has 1 heterocycles. The van der Waals surface area contributed by atoms with E-state index in [-0.39, 0.29) is 5.41 Å². The summed E-state index contributed by atoms with van der Waals surface area (Å²) in [5.74, 6) is 0.798. The summed E-state index contributed by atoms with van der Waals surface area (Å²) in [5.41, 5.74) is 0.550. The molecular weight excluding hydrogens is 238 g/mol. The van der Waals surface area contributed by atoms with Crippen LogP contribution in [0.3, 0.4) is 0 Å². The predicted octanol–water partition coefficient (Wildman–Crippen LogP) is 2.10. The van der Waals surface area contributed by atoms with Gasteiger partial charge in [-0.05, 0) is 38.1 Å². The molecule has 0 fully saturated rings. The van der Waals surface area contributed by atoms with E-state index in [1.807, 2.05) is 38.2 Å². The molecular formula is C15H27N3O. The highest BCUT2D eigenvalue weighted by molar-refractivity contribution is 5.37. The lowest BCUT2D eigenvalue weighted by molar-refractivity contribution is 0.0459. The Morgan fingerprint density at radius 1 is 1.21 bits per heavy atom. The highest BCUT2D eigenvalue weighted by Gasteiger charge is 2.21. The maximum absolute atomic E-state index is 10.2. The van der Waals surface area contributed by atoms with Gasteiger partial charge in [0.1, 0.15) is 5.82 Å². The van der Waals surface area contributed by atoms with E-state index < -0.39 is 5.60 Å². The van der Waals surface area contributed by atoms with Crippen LogP contribution in [-0.4, -0.2) is 47.8 Å². The van der Waals surface area contributed by atoms with Crippen LogP contribution in [0.25, 0.3) is 0 Å². The molecule has 0 aliphatic rings.